The number of hydrogen-bond acceptors (Lipinski definition) is 5. The van der Waals surface area contributed by atoms with Crippen molar-refractivity contribution in [3.05, 3.63) is 53.6 Å². The summed E-state index contributed by atoms with van der Waals surface area (Å²) in [5.74, 6) is -0.681. The summed E-state index contributed by atoms with van der Waals surface area (Å²) in [6, 6.07) is 11.7. The number of fused-ring (bicyclic) bond motifs is 1. The zero-order chi connectivity index (χ0) is 16.4. The third-order valence-corrected chi connectivity index (χ3v) is 3.44. The normalized spacial score (nSPS) is 10.5. The van der Waals surface area contributed by atoms with Gasteiger partial charge in [-0.15, -0.1) is 5.10 Å². The summed E-state index contributed by atoms with van der Waals surface area (Å²) in [6.45, 7) is 0. The highest BCUT2D eigenvalue weighted by Crippen LogP contribution is 2.15. The molecule has 7 heteroatoms. The second kappa shape index (κ2) is 5.88. The van der Waals surface area contributed by atoms with E-state index in [0.29, 0.717) is 22.3 Å². The first-order valence-corrected chi connectivity index (χ1v) is 6.87. The number of rotatable bonds is 3. The van der Waals surface area contributed by atoms with E-state index in [-0.39, 0.29) is 5.91 Å². The van der Waals surface area contributed by atoms with Crippen LogP contribution in [0.4, 0.5) is 5.69 Å². The van der Waals surface area contributed by atoms with Gasteiger partial charge in [0.05, 0.1) is 18.2 Å². The number of carbonyl (C=O) groups excluding carboxylic acids is 2. The van der Waals surface area contributed by atoms with Gasteiger partial charge < -0.3 is 10.1 Å². The van der Waals surface area contributed by atoms with Crippen LogP contribution in [-0.4, -0.2) is 34.0 Å². The van der Waals surface area contributed by atoms with Crippen LogP contribution in [0, 0.1) is 0 Å². The van der Waals surface area contributed by atoms with Crippen LogP contribution in [0.1, 0.15) is 20.7 Å². The van der Waals surface area contributed by atoms with Crippen LogP contribution in [0.15, 0.2) is 42.5 Å². The fourth-order valence-corrected chi connectivity index (χ4v) is 2.19. The van der Waals surface area contributed by atoms with Gasteiger partial charge in [-0.2, -0.15) is 0 Å². The number of ether oxygens (including phenoxy) is 1. The lowest BCUT2D eigenvalue weighted by molar-refractivity contribution is 0.0600. The second-order valence-corrected chi connectivity index (χ2v) is 4.94. The third-order valence-electron chi connectivity index (χ3n) is 3.44. The van der Waals surface area contributed by atoms with Gasteiger partial charge in [0.25, 0.3) is 5.91 Å². The number of aromatic nitrogens is 3. The standard InChI is InChI=1S/C16H14N4O3/c1-20-14-8-5-11(9-13(14)18-19-20)15(21)17-12-6-3-10(4-7-12)16(22)23-2/h3-9H,1-2H3,(H,17,21). The Labute approximate surface area is 131 Å². The molecular formula is C16H14N4O3. The molecule has 1 amide bonds. The number of methoxy groups -OCH3 is 1. The number of nitrogens with zero attached hydrogens (tertiary/aromatic N) is 3. The molecule has 3 rings (SSSR count). The average Bonchev–Trinajstić information content (AvgIpc) is 2.95. The lowest BCUT2D eigenvalue weighted by Crippen LogP contribution is -2.12. The van der Waals surface area contributed by atoms with Gasteiger partial charge in [0.1, 0.15) is 5.52 Å². The van der Waals surface area contributed by atoms with Crippen molar-refractivity contribution in [3.8, 4) is 0 Å². The number of carbonyl (C=O) groups is 2. The molecule has 0 atom stereocenters. The highest BCUT2D eigenvalue weighted by molar-refractivity contribution is 6.06. The van der Waals surface area contributed by atoms with Crippen LogP contribution in [-0.2, 0) is 11.8 Å². The highest BCUT2D eigenvalue weighted by Gasteiger charge is 2.10. The lowest BCUT2D eigenvalue weighted by Gasteiger charge is -2.06. The fourth-order valence-electron chi connectivity index (χ4n) is 2.19. The van der Waals surface area contributed by atoms with Crippen LogP contribution in [0.5, 0.6) is 0 Å². The largest absolute Gasteiger partial charge is 0.465 e. The summed E-state index contributed by atoms with van der Waals surface area (Å²) < 4.78 is 6.27. The Morgan fingerprint density at radius 2 is 1.78 bits per heavy atom. The molecule has 0 aliphatic rings. The van der Waals surface area contributed by atoms with Crippen molar-refractivity contribution in [2.24, 2.45) is 7.05 Å². The maximum Gasteiger partial charge on any atom is 0.337 e. The third kappa shape index (κ3) is 2.89. The summed E-state index contributed by atoms with van der Waals surface area (Å²) in [6.07, 6.45) is 0. The summed E-state index contributed by atoms with van der Waals surface area (Å²) >= 11 is 0. The Morgan fingerprint density at radius 3 is 2.48 bits per heavy atom. The van der Waals surface area contributed by atoms with E-state index in [4.69, 9.17) is 0 Å². The van der Waals surface area contributed by atoms with Gasteiger partial charge in [0.15, 0.2) is 0 Å². The van der Waals surface area contributed by atoms with Crippen LogP contribution < -0.4 is 5.32 Å². The minimum Gasteiger partial charge on any atom is -0.465 e. The van der Waals surface area contributed by atoms with Gasteiger partial charge >= 0.3 is 5.97 Å². The number of hydrogen-bond donors (Lipinski definition) is 1. The molecule has 3 aromatic rings. The minimum absolute atomic E-state index is 0.261. The summed E-state index contributed by atoms with van der Waals surface area (Å²) in [4.78, 5) is 23.7. The first kappa shape index (κ1) is 14.7. The van der Waals surface area contributed by atoms with Gasteiger partial charge in [-0.25, -0.2) is 9.48 Å². The predicted molar refractivity (Wildman–Crippen MR) is 84.2 cm³/mol. The Bertz CT molecular complexity index is 884. The van der Waals surface area contributed by atoms with Gasteiger partial charge in [0, 0.05) is 18.3 Å². The van der Waals surface area contributed by atoms with Crippen LogP contribution in [0.3, 0.4) is 0 Å². The van der Waals surface area contributed by atoms with E-state index in [1.165, 1.54) is 7.11 Å². The molecule has 116 valence electrons. The average molecular weight is 310 g/mol. The molecule has 0 spiro atoms. The molecular weight excluding hydrogens is 296 g/mol. The van der Waals surface area contributed by atoms with Gasteiger partial charge in [0.2, 0.25) is 0 Å². The molecule has 7 nitrogen and oxygen atoms in total. The molecule has 1 N–H and O–H groups in total. The molecule has 0 saturated heterocycles. The topological polar surface area (TPSA) is 86.1 Å². The smallest absolute Gasteiger partial charge is 0.337 e. The molecule has 0 radical (unpaired) electrons. The molecule has 23 heavy (non-hydrogen) atoms. The summed E-state index contributed by atoms with van der Waals surface area (Å²) in [5, 5.41) is 10.7. The van der Waals surface area contributed by atoms with E-state index >= 15 is 0 Å². The molecule has 1 heterocycles. The number of nitrogens with one attached hydrogen (secondary N) is 1. The Kier molecular flexibility index (Phi) is 3.76. The van der Waals surface area contributed by atoms with Gasteiger partial charge in [-0.3, -0.25) is 4.79 Å². The van der Waals surface area contributed by atoms with Crippen molar-refractivity contribution in [2.45, 2.75) is 0 Å². The van der Waals surface area contributed by atoms with Crippen molar-refractivity contribution in [2.75, 3.05) is 12.4 Å². The lowest BCUT2D eigenvalue weighted by atomic mass is 10.1. The Hall–Kier alpha value is -3.22. The maximum atomic E-state index is 12.3. The molecule has 0 bridgehead atoms. The Balaban J connectivity index is 1.78. The van der Waals surface area contributed by atoms with E-state index in [9.17, 15) is 9.59 Å². The van der Waals surface area contributed by atoms with Crippen molar-refractivity contribution >= 4 is 28.6 Å². The summed E-state index contributed by atoms with van der Waals surface area (Å²) in [7, 11) is 3.11. The van der Waals surface area contributed by atoms with E-state index in [0.717, 1.165) is 5.52 Å². The Morgan fingerprint density at radius 1 is 1.09 bits per heavy atom. The first-order valence-electron chi connectivity index (χ1n) is 6.87. The predicted octanol–water partition coefficient (Wildman–Crippen LogP) is 2.01. The molecule has 0 aliphatic carbocycles. The molecule has 2 aromatic carbocycles. The van der Waals surface area contributed by atoms with Crippen molar-refractivity contribution in [1.82, 2.24) is 15.0 Å². The maximum absolute atomic E-state index is 12.3. The van der Waals surface area contributed by atoms with Gasteiger partial charge in [-0.1, -0.05) is 5.21 Å². The monoisotopic (exact) mass is 310 g/mol. The van der Waals surface area contributed by atoms with Crippen molar-refractivity contribution in [3.63, 3.8) is 0 Å². The molecule has 0 unspecified atom stereocenters. The molecule has 1 aromatic heterocycles. The van der Waals surface area contributed by atoms with E-state index in [1.807, 2.05) is 0 Å². The van der Waals surface area contributed by atoms with Crippen molar-refractivity contribution in [1.29, 1.82) is 0 Å². The summed E-state index contributed by atoms with van der Waals surface area (Å²) in [5.41, 5.74) is 2.99. The van der Waals surface area contributed by atoms with E-state index in [2.05, 4.69) is 20.4 Å². The number of esters is 1. The van der Waals surface area contributed by atoms with Crippen molar-refractivity contribution < 1.29 is 14.3 Å². The number of benzene rings is 2. The SMILES string of the molecule is COC(=O)c1ccc(NC(=O)c2ccc3c(c2)nnn3C)cc1. The van der Waals surface area contributed by atoms with E-state index < -0.39 is 5.97 Å². The van der Waals surface area contributed by atoms with Gasteiger partial charge in [-0.05, 0) is 42.5 Å². The fraction of sp³-hybridized carbons (Fsp3) is 0.125. The molecule has 0 fully saturated rings. The quantitative estimate of drug-likeness (QED) is 0.748. The first-order chi connectivity index (χ1) is 11.1. The zero-order valence-electron chi connectivity index (χ0n) is 12.6. The van der Waals surface area contributed by atoms with E-state index in [1.54, 1.807) is 54.2 Å². The molecule has 0 aliphatic heterocycles. The highest BCUT2D eigenvalue weighted by atomic mass is 16.5. The number of amides is 1. The molecule has 0 saturated carbocycles. The number of anilines is 1. The zero-order valence-corrected chi connectivity index (χ0v) is 12.6. The second-order valence-electron chi connectivity index (χ2n) is 4.94. The number of aryl methyl sites for hydroxylation is 1. The minimum atomic E-state index is -0.420. The van der Waals surface area contributed by atoms with Crippen LogP contribution in [0.25, 0.3) is 11.0 Å². The van der Waals surface area contributed by atoms with Crippen LogP contribution >= 0.6 is 0 Å². The van der Waals surface area contributed by atoms with Crippen LogP contribution in [0.2, 0.25) is 0 Å².